The number of hydrogen-bond acceptors (Lipinski definition) is 3. The van der Waals surface area contributed by atoms with Crippen LogP contribution in [-0.2, 0) is 9.53 Å². The number of carbonyl (C=O) groups excluding carboxylic acids is 1. The van der Waals surface area contributed by atoms with Gasteiger partial charge in [-0.05, 0) is 62.4 Å². The third-order valence-corrected chi connectivity index (χ3v) is 7.22. The van der Waals surface area contributed by atoms with Crippen LogP contribution in [0, 0.1) is 22.7 Å². The number of fused-ring (bicyclic) bond motifs is 2. The Bertz CT molecular complexity index is 411. The van der Waals surface area contributed by atoms with Crippen LogP contribution in [0.1, 0.15) is 59.8 Å². The maximum Gasteiger partial charge on any atom is 0.320 e. The van der Waals surface area contributed by atoms with Crippen molar-refractivity contribution in [2.45, 2.75) is 65.9 Å². The fourth-order valence-corrected chi connectivity index (χ4v) is 4.91. The second kappa shape index (κ2) is 5.26. The van der Waals surface area contributed by atoms with Crippen LogP contribution in [0.15, 0.2) is 0 Å². The van der Waals surface area contributed by atoms with Crippen molar-refractivity contribution in [3.63, 3.8) is 0 Å². The summed E-state index contributed by atoms with van der Waals surface area (Å²) in [6, 6.07) is 0. The third-order valence-electron chi connectivity index (χ3n) is 7.22. The number of ether oxygens (including phenoxy) is 1. The first-order valence-electron chi connectivity index (χ1n) is 8.75. The highest BCUT2D eigenvalue weighted by Crippen LogP contribution is 2.66. The maximum atomic E-state index is 12.3. The van der Waals surface area contributed by atoms with E-state index in [1.165, 1.54) is 25.7 Å². The molecule has 0 aromatic heterocycles. The fourth-order valence-electron chi connectivity index (χ4n) is 4.91. The van der Waals surface area contributed by atoms with Crippen molar-refractivity contribution < 1.29 is 9.53 Å². The lowest BCUT2D eigenvalue weighted by atomic mass is 9.70. The number of nitrogens with zero attached hydrogens (tertiary/aromatic N) is 1. The minimum Gasteiger partial charge on any atom is -0.461 e. The minimum absolute atomic E-state index is 0.000807. The molecule has 0 spiro atoms. The Hall–Kier alpha value is -0.570. The molecule has 3 nitrogen and oxygen atoms in total. The van der Waals surface area contributed by atoms with Gasteiger partial charge in [0, 0.05) is 5.41 Å². The van der Waals surface area contributed by atoms with Gasteiger partial charge < -0.3 is 4.74 Å². The summed E-state index contributed by atoms with van der Waals surface area (Å²) in [5, 5.41) is 0. The van der Waals surface area contributed by atoms with Crippen LogP contribution in [0.3, 0.4) is 0 Å². The Morgan fingerprint density at radius 3 is 2.38 bits per heavy atom. The molecule has 120 valence electrons. The van der Waals surface area contributed by atoms with E-state index in [9.17, 15) is 4.79 Å². The van der Waals surface area contributed by atoms with Crippen LogP contribution in [0.4, 0.5) is 0 Å². The maximum absolute atomic E-state index is 12.3. The molecular formula is C18H31NO2. The van der Waals surface area contributed by atoms with E-state index in [0.717, 1.165) is 31.3 Å². The van der Waals surface area contributed by atoms with Gasteiger partial charge in [-0.25, -0.2) is 0 Å². The second-order valence-electron chi connectivity index (χ2n) is 8.55. The average molecular weight is 293 g/mol. The molecule has 0 N–H and O–H groups in total. The molecule has 3 fully saturated rings. The molecule has 0 unspecified atom stereocenters. The van der Waals surface area contributed by atoms with E-state index in [-0.39, 0.29) is 17.5 Å². The summed E-state index contributed by atoms with van der Waals surface area (Å²) in [5.74, 6) is 1.54. The summed E-state index contributed by atoms with van der Waals surface area (Å²) in [5.41, 5.74) is 0.502. The van der Waals surface area contributed by atoms with Gasteiger partial charge in [-0.2, -0.15) is 0 Å². The number of carbonyl (C=O) groups is 1. The highest BCUT2D eigenvalue weighted by atomic mass is 16.5. The average Bonchev–Trinajstić information content (AvgIpc) is 2.74. The molecular weight excluding hydrogens is 262 g/mol. The van der Waals surface area contributed by atoms with Gasteiger partial charge in [0.25, 0.3) is 0 Å². The molecule has 0 amide bonds. The Balaban J connectivity index is 1.54. The topological polar surface area (TPSA) is 29.5 Å². The molecule has 3 atom stereocenters. The molecule has 2 bridgehead atoms. The summed E-state index contributed by atoms with van der Waals surface area (Å²) in [7, 11) is 0. The smallest absolute Gasteiger partial charge is 0.320 e. The van der Waals surface area contributed by atoms with Gasteiger partial charge in [-0.3, -0.25) is 9.69 Å². The van der Waals surface area contributed by atoms with Crippen LogP contribution < -0.4 is 0 Å². The molecule has 3 heteroatoms. The van der Waals surface area contributed by atoms with E-state index < -0.39 is 0 Å². The molecule has 0 radical (unpaired) electrons. The number of esters is 1. The first-order valence-corrected chi connectivity index (χ1v) is 8.75. The largest absolute Gasteiger partial charge is 0.461 e. The SMILES string of the molecule is CC1CCN(CC(=O)O[C@@H]2C[C@H]3CC[C@]2(C)C3(C)C)CC1. The summed E-state index contributed by atoms with van der Waals surface area (Å²) in [6.07, 6.45) is 6.16. The van der Waals surface area contributed by atoms with Gasteiger partial charge in [-0.15, -0.1) is 0 Å². The quantitative estimate of drug-likeness (QED) is 0.746. The third kappa shape index (κ3) is 2.52. The second-order valence-corrected chi connectivity index (χ2v) is 8.55. The van der Waals surface area contributed by atoms with Crippen LogP contribution >= 0.6 is 0 Å². The van der Waals surface area contributed by atoms with Gasteiger partial charge in [0.05, 0.1) is 6.54 Å². The first-order chi connectivity index (χ1) is 9.83. The van der Waals surface area contributed by atoms with Crippen molar-refractivity contribution in [1.29, 1.82) is 0 Å². The molecule has 0 aromatic carbocycles. The van der Waals surface area contributed by atoms with Crippen molar-refractivity contribution in [2.75, 3.05) is 19.6 Å². The van der Waals surface area contributed by atoms with Crippen LogP contribution in [0.5, 0.6) is 0 Å². The van der Waals surface area contributed by atoms with Crippen molar-refractivity contribution in [2.24, 2.45) is 22.7 Å². The van der Waals surface area contributed by atoms with Gasteiger partial charge >= 0.3 is 5.97 Å². The van der Waals surface area contributed by atoms with E-state index >= 15 is 0 Å². The van der Waals surface area contributed by atoms with Crippen LogP contribution in [0.25, 0.3) is 0 Å². The van der Waals surface area contributed by atoms with Crippen LogP contribution in [-0.4, -0.2) is 36.6 Å². The Labute approximate surface area is 129 Å². The fraction of sp³-hybridized carbons (Fsp3) is 0.944. The Morgan fingerprint density at radius 1 is 1.19 bits per heavy atom. The number of likely N-dealkylation sites (tertiary alicyclic amines) is 1. The number of hydrogen-bond donors (Lipinski definition) is 0. The molecule has 1 heterocycles. The first kappa shape index (κ1) is 15.3. The molecule has 21 heavy (non-hydrogen) atoms. The van der Waals surface area contributed by atoms with E-state index in [1.807, 2.05) is 0 Å². The lowest BCUT2D eigenvalue weighted by Gasteiger charge is -2.38. The van der Waals surface area contributed by atoms with Crippen molar-refractivity contribution in [1.82, 2.24) is 4.90 Å². The zero-order valence-corrected chi connectivity index (χ0v) is 14.2. The predicted molar refractivity (Wildman–Crippen MR) is 83.9 cm³/mol. The molecule has 2 aliphatic carbocycles. The number of rotatable bonds is 3. The lowest BCUT2D eigenvalue weighted by Crippen LogP contribution is -2.42. The molecule has 0 aromatic rings. The van der Waals surface area contributed by atoms with Crippen molar-refractivity contribution >= 4 is 5.97 Å². The van der Waals surface area contributed by atoms with Gasteiger partial charge in [-0.1, -0.05) is 27.7 Å². The predicted octanol–water partition coefficient (Wildman–Crippen LogP) is 3.48. The van der Waals surface area contributed by atoms with E-state index in [4.69, 9.17) is 4.74 Å². The zero-order valence-electron chi connectivity index (χ0n) is 14.2. The summed E-state index contributed by atoms with van der Waals surface area (Å²) in [4.78, 5) is 14.6. The standard InChI is InChI=1S/C18H31NO2/c1-13-6-9-19(10-7-13)12-16(20)21-15-11-14-5-8-18(15,4)17(14,2)3/h13-15H,5-12H2,1-4H3/t14-,15-,18+/m1/s1. The highest BCUT2D eigenvalue weighted by molar-refractivity contribution is 5.72. The molecule has 1 aliphatic heterocycles. The summed E-state index contributed by atoms with van der Waals surface area (Å²) < 4.78 is 5.93. The van der Waals surface area contributed by atoms with Gasteiger partial charge in [0.15, 0.2) is 0 Å². The monoisotopic (exact) mass is 293 g/mol. The van der Waals surface area contributed by atoms with Gasteiger partial charge in [0.1, 0.15) is 6.10 Å². The van der Waals surface area contributed by atoms with Crippen molar-refractivity contribution in [3.8, 4) is 0 Å². The van der Waals surface area contributed by atoms with Crippen molar-refractivity contribution in [3.05, 3.63) is 0 Å². The number of piperidine rings is 1. The van der Waals surface area contributed by atoms with E-state index in [1.54, 1.807) is 0 Å². The molecule has 1 saturated heterocycles. The Kier molecular flexibility index (Phi) is 3.84. The molecule has 3 aliphatic rings. The highest BCUT2D eigenvalue weighted by Gasteiger charge is 2.62. The van der Waals surface area contributed by atoms with Crippen LogP contribution in [0.2, 0.25) is 0 Å². The summed E-state index contributed by atoms with van der Waals surface area (Å²) >= 11 is 0. The van der Waals surface area contributed by atoms with Gasteiger partial charge in [0.2, 0.25) is 0 Å². The van der Waals surface area contributed by atoms with E-state index in [0.29, 0.717) is 12.0 Å². The normalized spacial score (nSPS) is 39.6. The minimum atomic E-state index is -0.000807. The Morgan fingerprint density at radius 2 is 1.86 bits per heavy atom. The lowest BCUT2D eigenvalue weighted by molar-refractivity contribution is -0.158. The molecule has 3 rings (SSSR count). The van der Waals surface area contributed by atoms with E-state index in [2.05, 4.69) is 32.6 Å². The molecule has 2 saturated carbocycles. The zero-order chi connectivity index (χ0) is 15.3. The summed E-state index contributed by atoms with van der Waals surface area (Å²) in [6.45, 7) is 12.0.